The molecule has 0 bridgehead atoms. The van der Waals surface area contributed by atoms with Crippen molar-refractivity contribution in [1.29, 1.82) is 0 Å². The number of nitrogens with zero attached hydrogens (tertiary/aromatic N) is 3. The van der Waals surface area contributed by atoms with Crippen LogP contribution in [0.15, 0.2) is 12.3 Å². The van der Waals surface area contributed by atoms with E-state index in [-0.39, 0.29) is 12.5 Å². The van der Waals surface area contributed by atoms with Gasteiger partial charge in [0.1, 0.15) is 12.4 Å². The Kier molecular flexibility index (Phi) is 4.06. The van der Waals surface area contributed by atoms with Crippen LogP contribution in [0.25, 0.3) is 0 Å². The number of hydrogen-bond acceptors (Lipinski definition) is 5. The van der Waals surface area contributed by atoms with Crippen LogP contribution >= 0.6 is 0 Å². The Morgan fingerprint density at radius 1 is 1.63 bits per heavy atom. The molecule has 2 heterocycles. The van der Waals surface area contributed by atoms with Crippen LogP contribution in [-0.2, 0) is 16.1 Å². The molecular formula is C12H20N4O3. The van der Waals surface area contributed by atoms with Gasteiger partial charge in [0.15, 0.2) is 0 Å². The van der Waals surface area contributed by atoms with Crippen molar-refractivity contribution < 1.29 is 14.6 Å². The third-order valence-electron chi connectivity index (χ3n) is 3.34. The Morgan fingerprint density at radius 2 is 2.32 bits per heavy atom. The number of nitrogens with two attached hydrogens (primary N) is 1. The quantitative estimate of drug-likeness (QED) is 0.765. The largest absolute Gasteiger partial charge is 0.388 e. The molecule has 1 aromatic heterocycles. The van der Waals surface area contributed by atoms with Crippen molar-refractivity contribution in [2.45, 2.75) is 25.0 Å². The van der Waals surface area contributed by atoms with Crippen LogP contribution in [0.1, 0.15) is 12.8 Å². The number of rotatable bonds is 4. The van der Waals surface area contributed by atoms with Gasteiger partial charge in [0.2, 0.25) is 5.91 Å². The first kappa shape index (κ1) is 13.8. The lowest BCUT2D eigenvalue weighted by Gasteiger charge is -2.35. The lowest BCUT2D eigenvalue weighted by Crippen LogP contribution is -2.48. The number of aliphatic hydroxyl groups is 1. The number of ether oxygens (including phenoxy) is 1. The molecular weight excluding hydrogens is 248 g/mol. The molecule has 1 amide bonds. The number of carbonyl (C=O) groups excluding carboxylic acids is 1. The summed E-state index contributed by atoms with van der Waals surface area (Å²) in [6.45, 7) is 1.51. The number of likely N-dealkylation sites (N-methyl/N-ethyl adjacent to an activating group) is 1. The monoisotopic (exact) mass is 268 g/mol. The minimum absolute atomic E-state index is 0.108. The van der Waals surface area contributed by atoms with Gasteiger partial charge in [-0.2, -0.15) is 5.10 Å². The Morgan fingerprint density at radius 3 is 2.89 bits per heavy atom. The lowest BCUT2D eigenvalue weighted by atomic mass is 9.94. The van der Waals surface area contributed by atoms with Crippen molar-refractivity contribution in [2.75, 3.05) is 32.5 Å². The zero-order chi connectivity index (χ0) is 13.9. The maximum absolute atomic E-state index is 12.0. The van der Waals surface area contributed by atoms with Gasteiger partial charge in [-0.1, -0.05) is 0 Å². The van der Waals surface area contributed by atoms with E-state index in [1.165, 1.54) is 9.58 Å². The van der Waals surface area contributed by atoms with Crippen molar-refractivity contribution in [3.05, 3.63) is 12.3 Å². The molecule has 0 unspecified atom stereocenters. The van der Waals surface area contributed by atoms with Gasteiger partial charge in [0.25, 0.3) is 0 Å². The summed E-state index contributed by atoms with van der Waals surface area (Å²) < 4.78 is 6.70. The van der Waals surface area contributed by atoms with Crippen LogP contribution in [0.3, 0.4) is 0 Å². The van der Waals surface area contributed by atoms with Gasteiger partial charge in [-0.3, -0.25) is 9.48 Å². The van der Waals surface area contributed by atoms with E-state index in [0.717, 1.165) is 0 Å². The van der Waals surface area contributed by atoms with E-state index in [2.05, 4.69) is 5.10 Å². The minimum atomic E-state index is -0.841. The average molecular weight is 268 g/mol. The van der Waals surface area contributed by atoms with Gasteiger partial charge < -0.3 is 20.5 Å². The van der Waals surface area contributed by atoms with Gasteiger partial charge in [-0.05, 0) is 6.07 Å². The molecule has 0 aromatic carbocycles. The van der Waals surface area contributed by atoms with Crippen molar-refractivity contribution >= 4 is 11.7 Å². The molecule has 7 nitrogen and oxygen atoms in total. The summed E-state index contributed by atoms with van der Waals surface area (Å²) in [5.74, 6) is 0.279. The van der Waals surface area contributed by atoms with E-state index < -0.39 is 5.60 Å². The zero-order valence-electron chi connectivity index (χ0n) is 11.1. The highest BCUT2D eigenvalue weighted by atomic mass is 16.5. The van der Waals surface area contributed by atoms with Gasteiger partial charge >= 0.3 is 0 Å². The zero-order valence-corrected chi connectivity index (χ0v) is 11.1. The van der Waals surface area contributed by atoms with Crippen LogP contribution in [0, 0.1) is 0 Å². The van der Waals surface area contributed by atoms with E-state index in [0.29, 0.717) is 38.4 Å². The molecule has 1 aliphatic rings. The highest BCUT2D eigenvalue weighted by Crippen LogP contribution is 2.21. The number of amides is 1. The smallest absolute Gasteiger partial charge is 0.244 e. The summed E-state index contributed by atoms with van der Waals surface area (Å²) in [4.78, 5) is 13.6. The van der Waals surface area contributed by atoms with Crippen molar-refractivity contribution in [2.24, 2.45) is 0 Å². The van der Waals surface area contributed by atoms with Gasteiger partial charge in [0, 0.05) is 45.8 Å². The topological polar surface area (TPSA) is 93.6 Å². The fraction of sp³-hybridized carbons (Fsp3) is 0.667. The summed E-state index contributed by atoms with van der Waals surface area (Å²) in [5.41, 5.74) is 4.65. The maximum atomic E-state index is 12.0. The first-order chi connectivity index (χ1) is 8.98. The minimum Gasteiger partial charge on any atom is -0.388 e. The fourth-order valence-corrected chi connectivity index (χ4v) is 2.16. The Bertz CT molecular complexity index is 440. The molecule has 0 saturated carbocycles. The first-order valence-corrected chi connectivity index (χ1v) is 6.32. The predicted molar refractivity (Wildman–Crippen MR) is 69.3 cm³/mol. The Balaban J connectivity index is 1.88. The average Bonchev–Trinajstić information content (AvgIpc) is 2.75. The number of aromatic nitrogens is 2. The van der Waals surface area contributed by atoms with E-state index in [9.17, 15) is 9.90 Å². The number of anilines is 1. The van der Waals surface area contributed by atoms with Gasteiger partial charge in [-0.25, -0.2) is 0 Å². The predicted octanol–water partition coefficient (Wildman–Crippen LogP) is -0.535. The number of hydrogen-bond donors (Lipinski definition) is 2. The third-order valence-corrected chi connectivity index (χ3v) is 3.34. The van der Waals surface area contributed by atoms with E-state index in [4.69, 9.17) is 10.5 Å². The van der Waals surface area contributed by atoms with E-state index in [1.807, 2.05) is 0 Å². The molecule has 3 N–H and O–H groups in total. The number of carbonyl (C=O) groups is 1. The summed E-state index contributed by atoms with van der Waals surface area (Å²) in [5, 5.41) is 14.3. The normalized spacial score (nSPS) is 18.2. The van der Waals surface area contributed by atoms with Crippen LogP contribution in [0.2, 0.25) is 0 Å². The van der Waals surface area contributed by atoms with Crippen molar-refractivity contribution in [3.63, 3.8) is 0 Å². The second kappa shape index (κ2) is 5.58. The lowest BCUT2D eigenvalue weighted by molar-refractivity contribution is -0.137. The molecule has 1 aliphatic heterocycles. The third kappa shape index (κ3) is 3.68. The molecule has 0 radical (unpaired) electrons. The molecule has 19 heavy (non-hydrogen) atoms. The molecule has 7 heteroatoms. The summed E-state index contributed by atoms with van der Waals surface area (Å²) in [6, 6.07) is 1.64. The standard InChI is InChI=1S/C12H20N4O3/c1-15(9-12(18)3-6-19-7-4-12)11(17)8-16-5-2-10(13)14-16/h2,5,18H,3-4,6-9H2,1H3,(H2,13,14). The maximum Gasteiger partial charge on any atom is 0.244 e. The molecule has 0 atom stereocenters. The highest BCUT2D eigenvalue weighted by molar-refractivity contribution is 5.75. The molecule has 2 rings (SSSR count). The Labute approximate surface area is 111 Å². The summed E-state index contributed by atoms with van der Waals surface area (Å²) in [7, 11) is 1.68. The highest BCUT2D eigenvalue weighted by Gasteiger charge is 2.32. The fourth-order valence-electron chi connectivity index (χ4n) is 2.16. The van der Waals surface area contributed by atoms with Crippen LogP contribution in [0.5, 0.6) is 0 Å². The molecule has 1 aromatic rings. The van der Waals surface area contributed by atoms with Crippen molar-refractivity contribution in [1.82, 2.24) is 14.7 Å². The molecule has 0 aliphatic carbocycles. The Hall–Kier alpha value is -1.60. The van der Waals surface area contributed by atoms with E-state index in [1.54, 1.807) is 19.3 Å². The van der Waals surface area contributed by atoms with E-state index >= 15 is 0 Å². The molecule has 106 valence electrons. The van der Waals surface area contributed by atoms with Gasteiger partial charge in [0.05, 0.1) is 5.60 Å². The second-order valence-electron chi connectivity index (χ2n) is 5.02. The van der Waals surface area contributed by atoms with Crippen LogP contribution < -0.4 is 5.73 Å². The second-order valence-corrected chi connectivity index (χ2v) is 5.02. The molecule has 1 fully saturated rings. The number of nitrogen functional groups attached to an aromatic ring is 1. The summed E-state index contributed by atoms with van der Waals surface area (Å²) >= 11 is 0. The van der Waals surface area contributed by atoms with Crippen LogP contribution in [-0.4, -0.2) is 58.1 Å². The van der Waals surface area contributed by atoms with Crippen molar-refractivity contribution in [3.8, 4) is 0 Å². The molecule has 1 saturated heterocycles. The SMILES string of the molecule is CN(CC1(O)CCOCC1)C(=O)Cn1ccc(N)n1. The van der Waals surface area contributed by atoms with Gasteiger partial charge in [-0.15, -0.1) is 0 Å². The molecule has 0 spiro atoms. The van der Waals surface area contributed by atoms with Crippen LogP contribution in [0.4, 0.5) is 5.82 Å². The first-order valence-electron chi connectivity index (χ1n) is 6.32. The summed E-state index contributed by atoms with van der Waals surface area (Å²) in [6.07, 6.45) is 2.77.